The van der Waals surface area contributed by atoms with Crippen LogP contribution in [0.4, 0.5) is 0 Å². The lowest BCUT2D eigenvalue weighted by Crippen LogP contribution is -2.14. The summed E-state index contributed by atoms with van der Waals surface area (Å²) in [5, 5.41) is 14.3. The van der Waals surface area contributed by atoms with Crippen molar-refractivity contribution in [2.45, 2.75) is 32.4 Å². The van der Waals surface area contributed by atoms with E-state index >= 15 is 0 Å². The van der Waals surface area contributed by atoms with Crippen molar-refractivity contribution in [2.24, 2.45) is 0 Å². The van der Waals surface area contributed by atoms with Crippen molar-refractivity contribution in [3.05, 3.63) is 52.8 Å². The van der Waals surface area contributed by atoms with Gasteiger partial charge in [0.1, 0.15) is 0 Å². The largest absolute Gasteiger partial charge is 0.461 e. The Morgan fingerprint density at radius 3 is 2.86 bits per heavy atom. The quantitative estimate of drug-likeness (QED) is 0.866. The highest BCUT2D eigenvalue weighted by atomic mass is 16.5. The van der Waals surface area contributed by atoms with Crippen molar-refractivity contribution in [1.82, 2.24) is 9.78 Å². The van der Waals surface area contributed by atoms with Crippen molar-refractivity contribution in [3.63, 3.8) is 0 Å². The van der Waals surface area contributed by atoms with Crippen LogP contribution in [0, 0.1) is 0 Å². The molecule has 1 atom stereocenters. The lowest BCUT2D eigenvalue weighted by Gasteiger charge is -2.07. The fourth-order valence-electron chi connectivity index (χ4n) is 2.76. The van der Waals surface area contributed by atoms with Gasteiger partial charge in [-0.2, -0.15) is 5.10 Å². The highest BCUT2D eigenvalue weighted by Gasteiger charge is 2.31. The van der Waals surface area contributed by atoms with E-state index in [-0.39, 0.29) is 0 Å². The first-order valence-electron chi connectivity index (χ1n) is 7.16. The van der Waals surface area contributed by atoms with Crippen molar-refractivity contribution in [1.29, 1.82) is 0 Å². The molecule has 0 saturated carbocycles. The smallest absolute Gasteiger partial charge is 0.359 e. The van der Waals surface area contributed by atoms with Gasteiger partial charge in [-0.1, -0.05) is 30.3 Å². The number of nitrogens with zero attached hydrogens (tertiary/aromatic N) is 2. The molecule has 1 heterocycles. The molecule has 1 aliphatic carbocycles. The maximum atomic E-state index is 12.0. The third-order valence-corrected chi connectivity index (χ3v) is 3.68. The number of benzene rings is 1. The maximum absolute atomic E-state index is 12.0. The second kappa shape index (κ2) is 5.69. The van der Waals surface area contributed by atoms with Crippen LogP contribution in [0.1, 0.15) is 34.2 Å². The number of hydrogen-bond donors (Lipinski definition) is 1. The minimum absolute atomic E-state index is 0.321. The van der Waals surface area contributed by atoms with E-state index in [1.54, 1.807) is 6.92 Å². The summed E-state index contributed by atoms with van der Waals surface area (Å²) in [6.07, 6.45) is 0.570. The van der Waals surface area contributed by atoms with Gasteiger partial charge in [-0.25, -0.2) is 4.79 Å². The number of fused-ring (bicyclic) bond motifs is 1. The molecule has 0 spiro atoms. The Kier molecular flexibility index (Phi) is 3.75. The average Bonchev–Trinajstić information content (AvgIpc) is 2.99. The molecule has 0 bridgehead atoms. The second-order valence-corrected chi connectivity index (χ2v) is 5.20. The van der Waals surface area contributed by atoms with Crippen LogP contribution in [0.2, 0.25) is 0 Å². The molecule has 0 amide bonds. The Bertz CT molecular complexity index is 649. The van der Waals surface area contributed by atoms with Gasteiger partial charge in [0.15, 0.2) is 5.69 Å². The van der Waals surface area contributed by atoms with Crippen molar-refractivity contribution in [3.8, 4) is 0 Å². The van der Waals surface area contributed by atoms with Crippen molar-refractivity contribution >= 4 is 5.97 Å². The van der Waals surface area contributed by atoms with E-state index < -0.39 is 12.1 Å². The van der Waals surface area contributed by atoms with Gasteiger partial charge in [0.25, 0.3) is 0 Å². The Hall–Kier alpha value is -2.14. The minimum Gasteiger partial charge on any atom is -0.461 e. The molecule has 1 aromatic heterocycles. The van der Waals surface area contributed by atoms with E-state index in [2.05, 4.69) is 5.10 Å². The van der Waals surface area contributed by atoms with Crippen LogP contribution in [0.5, 0.6) is 0 Å². The molecule has 2 aromatic rings. The monoisotopic (exact) mass is 286 g/mol. The van der Waals surface area contributed by atoms with Gasteiger partial charge in [-0.3, -0.25) is 4.68 Å². The fraction of sp³-hybridized carbons (Fsp3) is 0.375. The average molecular weight is 286 g/mol. The number of ether oxygens (including phenoxy) is 1. The van der Waals surface area contributed by atoms with E-state index in [4.69, 9.17) is 4.74 Å². The normalized spacial score (nSPS) is 16.8. The predicted molar refractivity (Wildman–Crippen MR) is 77.1 cm³/mol. The lowest BCUT2D eigenvalue weighted by atomic mass is 10.2. The fourth-order valence-corrected chi connectivity index (χ4v) is 2.76. The summed E-state index contributed by atoms with van der Waals surface area (Å²) in [6, 6.07) is 9.94. The summed E-state index contributed by atoms with van der Waals surface area (Å²) in [4.78, 5) is 12.0. The van der Waals surface area contributed by atoms with Crippen LogP contribution in [0.25, 0.3) is 0 Å². The molecular formula is C16H18N2O3. The zero-order valence-electron chi connectivity index (χ0n) is 12.0. The predicted octanol–water partition coefficient (Wildman–Crippen LogP) is 1.57. The Balaban J connectivity index is 1.94. The van der Waals surface area contributed by atoms with Gasteiger partial charge >= 0.3 is 5.97 Å². The van der Waals surface area contributed by atoms with Gasteiger partial charge in [0.05, 0.1) is 19.3 Å². The summed E-state index contributed by atoms with van der Waals surface area (Å²) in [5.41, 5.74) is 3.23. The number of esters is 1. The Morgan fingerprint density at radius 1 is 1.38 bits per heavy atom. The topological polar surface area (TPSA) is 64.3 Å². The Labute approximate surface area is 123 Å². The highest BCUT2D eigenvalue weighted by molar-refractivity contribution is 5.89. The number of aliphatic hydroxyl groups is 1. The molecule has 0 aliphatic heterocycles. The van der Waals surface area contributed by atoms with Gasteiger partial charge in [0.2, 0.25) is 0 Å². The zero-order chi connectivity index (χ0) is 14.8. The first-order chi connectivity index (χ1) is 10.2. The first-order valence-corrected chi connectivity index (χ1v) is 7.16. The van der Waals surface area contributed by atoms with Gasteiger partial charge in [0, 0.05) is 24.1 Å². The van der Waals surface area contributed by atoms with Crippen LogP contribution in [0.3, 0.4) is 0 Å². The summed E-state index contributed by atoms with van der Waals surface area (Å²) in [7, 11) is 0. The van der Waals surface area contributed by atoms with Crippen LogP contribution >= 0.6 is 0 Å². The number of carbonyl (C=O) groups is 1. The molecule has 0 saturated heterocycles. The summed E-state index contributed by atoms with van der Waals surface area (Å²) in [5.74, 6) is -0.408. The minimum atomic E-state index is -0.437. The van der Waals surface area contributed by atoms with Crippen LogP contribution in [0.15, 0.2) is 30.3 Å². The van der Waals surface area contributed by atoms with Gasteiger partial charge in [-0.05, 0) is 12.5 Å². The zero-order valence-corrected chi connectivity index (χ0v) is 12.0. The number of hydrogen-bond acceptors (Lipinski definition) is 4. The molecule has 5 nitrogen and oxygen atoms in total. The third-order valence-electron chi connectivity index (χ3n) is 3.68. The molecule has 1 unspecified atom stereocenters. The lowest BCUT2D eigenvalue weighted by molar-refractivity contribution is 0.0516. The Morgan fingerprint density at radius 2 is 2.14 bits per heavy atom. The molecule has 0 radical (unpaired) electrons. The summed E-state index contributed by atoms with van der Waals surface area (Å²) in [6.45, 7) is 2.69. The molecule has 1 aromatic carbocycles. The van der Waals surface area contributed by atoms with Crippen LogP contribution in [-0.2, 0) is 24.1 Å². The maximum Gasteiger partial charge on any atom is 0.359 e. The highest BCUT2D eigenvalue weighted by Crippen LogP contribution is 2.27. The molecule has 0 fully saturated rings. The molecule has 21 heavy (non-hydrogen) atoms. The van der Waals surface area contributed by atoms with Gasteiger partial charge in [-0.15, -0.1) is 0 Å². The SMILES string of the molecule is CCOC(=O)c1nn(Cc2ccccc2)c2c1CC(O)C2. The number of aromatic nitrogens is 2. The van der Waals surface area contributed by atoms with E-state index in [1.807, 2.05) is 35.0 Å². The number of aliphatic hydroxyl groups excluding tert-OH is 1. The molecule has 1 N–H and O–H groups in total. The van der Waals surface area contributed by atoms with E-state index in [0.717, 1.165) is 16.8 Å². The van der Waals surface area contributed by atoms with Crippen LogP contribution < -0.4 is 0 Å². The molecule has 3 rings (SSSR count). The molecule has 110 valence electrons. The molecule has 5 heteroatoms. The van der Waals surface area contributed by atoms with Crippen LogP contribution in [-0.4, -0.2) is 33.6 Å². The second-order valence-electron chi connectivity index (χ2n) is 5.20. The van der Waals surface area contributed by atoms with E-state index in [0.29, 0.717) is 31.7 Å². The summed E-state index contributed by atoms with van der Waals surface area (Å²) >= 11 is 0. The third kappa shape index (κ3) is 2.69. The number of carbonyl (C=O) groups excluding carboxylic acids is 1. The molecular weight excluding hydrogens is 268 g/mol. The first kappa shape index (κ1) is 13.8. The van der Waals surface area contributed by atoms with E-state index in [9.17, 15) is 9.90 Å². The summed E-state index contributed by atoms with van der Waals surface area (Å²) < 4.78 is 6.87. The number of rotatable bonds is 4. The van der Waals surface area contributed by atoms with E-state index in [1.165, 1.54) is 0 Å². The molecule has 1 aliphatic rings. The standard InChI is InChI=1S/C16H18N2O3/c1-2-21-16(20)15-13-8-12(19)9-14(13)18(17-15)10-11-6-4-3-5-7-11/h3-7,12,19H,2,8-10H2,1H3. The van der Waals surface area contributed by atoms with Crippen molar-refractivity contribution < 1.29 is 14.6 Å². The van der Waals surface area contributed by atoms with Gasteiger partial charge < -0.3 is 9.84 Å². The van der Waals surface area contributed by atoms with Crippen molar-refractivity contribution in [2.75, 3.05) is 6.61 Å².